The van der Waals surface area contributed by atoms with E-state index >= 15 is 0 Å². The van der Waals surface area contributed by atoms with E-state index in [1.165, 1.54) is 0 Å². The third-order valence-corrected chi connectivity index (χ3v) is 2.45. The number of hydrogen-bond donors (Lipinski definition) is 2. The van der Waals surface area contributed by atoms with Crippen LogP contribution in [0.2, 0.25) is 0 Å². The number of aromatic nitrogens is 2. The summed E-state index contributed by atoms with van der Waals surface area (Å²) in [5.41, 5.74) is 6.28. The number of methoxy groups -OCH3 is 1. The van der Waals surface area contributed by atoms with Crippen LogP contribution < -0.4 is 15.8 Å². The van der Waals surface area contributed by atoms with Gasteiger partial charge in [0.1, 0.15) is 18.1 Å². The predicted octanol–water partition coefficient (Wildman–Crippen LogP) is 1.81. The van der Waals surface area contributed by atoms with Crippen molar-refractivity contribution in [1.29, 1.82) is 0 Å². The van der Waals surface area contributed by atoms with Crippen molar-refractivity contribution in [1.82, 2.24) is 9.97 Å². The molecule has 1 heterocycles. The molecule has 6 heteroatoms. The summed E-state index contributed by atoms with van der Waals surface area (Å²) >= 11 is 0. The standard InChI is InChI=1S/C13H24N4O2/c1-6-15-10-9(14)11(19-8-7-18-5)17-12(16-10)13(2,3)4/h6-8,14H2,1-5H3,(H,15,16,17). The van der Waals surface area contributed by atoms with E-state index in [0.717, 1.165) is 6.54 Å². The molecule has 108 valence electrons. The van der Waals surface area contributed by atoms with Crippen molar-refractivity contribution in [2.45, 2.75) is 33.1 Å². The summed E-state index contributed by atoms with van der Waals surface area (Å²) in [5.74, 6) is 1.73. The molecule has 0 spiro atoms. The molecule has 0 radical (unpaired) electrons. The van der Waals surface area contributed by atoms with Crippen molar-refractivity contribution in [3.8, 4) is 5.88 Å². The summed E-state index contributed by atoms with van der Waals surface area (Å²) in [6, 6.07) is 0. The monoisotopic (exact) mass is 268 g/mol. The lowest BCUT2D eigenvalue weighted by Gasteiger charge is -2.20. The molecule has 0 aliphatic carbocycles. The quantitative estimate of drug-likeness (QED) is 0.766. The molecular formula is C13H24N4O2. The number of hydrogen-bond acceptors (Lipinski definition) is 6. The molecular weight excluding hydrogens is 244 g/mol. The molecule has 19 heavy (non-hydrogen) atoms. The highest BCUT2D eigenvalue weighted by molar-refractivity contribution is 5.67. The number of ether oxygens (including phenoxy) is 2. The van der Waals surface area contributed by atoms with Crippen LogP contribution in [0.25, 0.3) is 0 Å². The van der Waals surface area contributed by atoms with E-state index in [4.69, 9.17) is 15.2 Å². The Bertz CT molecular complexity index is 416. The first-order valence-electron chi connectivity index (χ1n) is 6.43. The van der Waals surface area contributed by atoms with Crippen LogP contribution in [0.1, 0.15) is 33.5 Å². The second-order valence-electron chi connectivity index (χ2n) is 5.24. The number of nitrogen functional groups attached to an aromatic ring is 1. The molecule has 0 atom stereocenters. The maximum Gasteiger partial charge on any atom is 0.242 e. The molecule has 1 rings (SSSR count). The van der Waals surface area contributed by atoms with Crippen LogP contribution in [0.5, 0.6) is 5.88 Å². The molecule has 0 unspecified atom stereocenters. The first-order chi connectivity index (χ1) is 8.90. The van der Waals surface area contributed by atoms with Gasteiger partial charge in [-0.15, -0.1) is 0 Å². The van der Waals surface area contributed by atoms with Gasteiger partial charge in [0.25, 0.3) is 0 Å². The van der Waals surface area contributed by atoms with Crippen molar-refractivity contribution in [3.05, 3.63) is 5.82 Å². The lowest BCUT2D eigenvalue weighted by molar-refractivity contribution is 0.144. The van der Waals surface area contributed by atoms with Gasteiger partial charge < -0.3 is 20.5 Å². The Labute approximate surface area is 114 Å². The van der Waals surface area contributed by atoms with Crippen LogP contribution >= 0.6 is 0 Å². The maximum absolute atomic E-state index is 6.01. The SMILES string of the molecule is CCNc1nc(C(C)(C)C)nc(OCCOC)c1N. The molecule has 0 aliphatic rings. The van der Waals surface area contributed by atoms with Gasteiger partial charge in [0.05, 0.1) is 6.61 Å². The minimum Gasteiger partial charge on any atom is -0.474 e. The Balaban J connectivity index is 3.09. The molecule has 0 saturated heterocycles. The fourth-order valence-corrected chi connectivity index (χ4v) is 1.42. The van der Waals surface area contributed by atoms with Crippen LogP contribution in [0.4, 0.5) is 11.5 Å². The lowest BCUT2D eigenvalue weighted by atomic mass is 9.96. The van der Waals surface area contributed by atoms with E-state index in [1.807, 2.05) is 27.7 Å². The highest BCUT2D eigenvalue weighted by atomic mass is 16.5. The van der Waals surface area contributed by atoms with Crippen LogP contribution in [-0.4, -0.2) is 36.8 Å². The molecule has 0 fully saturated rings. The number of anilines is 2. The van der Waals surface area contributed by atoms with Crippen molar-refractivity contribution in [3.63, 3.8) is 0 Å². The van der Waals surface area contributed by atoms with E-state index < -0.39 is 0 Å². The number of nitrogens with zero attached hydrogens (tertiary/aromatic N) is 2. The number of nitrogens with two attached hydrogens (primary N) is 1. The van der Waals surface area contributed by atoms with E-state index in [0.29, 0.717) is 36.4 Å². The first-order valence-corrected chi connectivity index (χ1v) is 6.43. The lowest BCUT2D eigenvalue weighted by Crippen LogP contribution is -2.20. The zero-order valence-electron chi connectivity index (χ0n) is 12.4. The van der Waals surface area contributed by atoms with Gasteiger partial charge in [-0.05, 0) is 6.92 Å². The third-order valence-electron chi connectivity index (χ3n) is 2.45. The van der Waals surface area contributed by atoms with Gasteiger partial charge in [0.2, 0.25) is 5.88 Å². The maximum atomic E-state index is 6.01. The summed E-state index contributed by atoms with van der Waals surface area (Å²) in [6.45, 7) is 9.78. The van der Waals surface area contributed by atoms with E-state index in [-0.39, 0.29) is 5.41 Å². The van der Waals surface area contributed by atoms with Crippen molar-refractivity contribution in [2.24, 2.45) is 0 Å². The minimum absolute atomic E-state index is 0.169. The molecule has 0 bridgehead atoms. The largest absolute Gasteiger partial charge is 0.474 e. The molecule has 0 amide bonds. The molecule has 0 aliphatic heterocycles. The second kappa shape index (κ2) is 6.56. The minimum atomic E-state index is -0.169. The average Bonchev–Trinajstić information content (AvgIpc) is 2.32. The summed E-state index contributed by atoms with van der Waals surface area (Å²) in [6.07, 6.45) is 0. The summed E-state index contributed by atoms with van der Waals surface area (Å²) in [4.78, 5) is 8.87. The number of rotatable bonds is 6. The molecule has 1 aromatic rings. The van der Waals surface area contributed by atoms with Gasteiger partial charge >= 0.3 is 0 Å². The van der Waals surface area contributed by atoms with Crippen LogP contribution in [0.3, 0.4) is 0 Å². The van der Waals surface area contributed by atoms with E-state index in [1.54, 1.807) is 7.11 Å². The Hall–Kier alpha value is -1.56. The van der Waals surface area contributed by atoms with Crippen LogP contribution in [0.15, 0.2) is 0 Å². The average molecular weight is 268 g/mol. The Morgan fingerprint density at radius 3 is 2.42 bits per heavy atom. The fraction of sp³-hybridized carbons (Fsp3) is 0.692. The van der Waals surface area contributed by atoms with Crippen LogP contribution in [0, 0.1) is 0 Å². The number of nitrogens with one attached hydrogen (secondary N) is 1. The summed E-state index contributed by atoms with van der Waals surface area (Å²) < 4.78 is 10.5. The Morgan fingerprint density at radius 2 is 1.89 bits per heavy atom. The topological polar surface area (TPSA) is 82.3 Å². The smallest absolute Gasteiger partial charge is 0.242 e. The van der Waals surface area contributed by atoms with Crippen molar-refractivity contribution < 1.29 is 9.47 Å². The molecule has 1 aromatic heterocycles. The molecule has 0 aromatic carbocycles. The Morgan fingerprint density at radius 1 is 1.21 bits per heavy atom. The Kier molecular flexibility index (Phi) is 5.35. The highest BCUT2D eigenvalue weighted by Crippen LogP contribution is 2.30. The molecule has 6 nitrogen and oxygen atoms in total. The second-order valence-corrected chi connectivity index (χ2v) is 5.24. The van der Waals surface area contributed by atoms with E-state index in [2.05, 4.69) is 15.3 Å². The predicted molar refractivity (Wildman–Crippen MR) is 76.7 cm³/mol. The zero-order valence-corrected chi connectivity index (χ0v) is 12.4. The van der Waals surface area contributed by atoms with Crippen molar-refractivity contribution >= 4 is 11.5 Å². The van der Waals surface area contributed by atoms with Gasteiger partial charge in [-0.1, -0.05) is 20.8 Å². The van der Waals surface area contributed by atoms with Gasteiger partial charge in [-0.2, -0.15) is 4.98 Å². The van der Waals surface area contributed by atoms with Gasteiger partial charge in [0, 0.05) is 19.1 Å². The zero-order chi connectivity index (χ0) is 14.5. The fourth-order valence-electron chi connectivity index (χ4n) is 1.42. The first kappa shape index (κ1) is 15.5. The van der Waals surface area contributed by atoms with Gasteiger partial charge in [-0.3, -0.25) is 0 Å². The van der Waals surface area contributed by atoms with E-state index in [9.17, 15) is 0 Å². The normalized spacial score (nSPS) is 11.4. The van der Waals surface area contributed by atoms with Crippen LogP contribution in [-0.2, 0) is 10.2 Å². The summed E-state index contributed by atoms with van der Waals surface area (Å²) in [5, 5.41) is 3.13. The van der Waals surface area contributed by atoms with Gasteiger partial charge in [-0.25, -0.2) is 4.98 Å². The molecule has 0 saturated carbocycles. The summed E-state index contributed by atoms with van der Waals surface area (Å²) in [7, 11) is 1.62. The van der Waals surface area contributed by atoms with Crippen molar-refractivity contribution in [2.75, 3.05) is 37.9 Å². The van der Waals surface area contributed by atoms with Gasteiger partial charge in [0.15, 0.2) is 5.82 Å². The third kappa shape index (κ3) is 4.24. The highest BCUT2D eigenvalue weighted by Gasteiger charge is 2.22. The molecule has 3 N–H and O–H groups in total.